The summed E-state index contributed by atoms with van der Waals surface area (Å²) < 4.78 is 18.5. The summed E-state index contributed by atoms with van der Waals surface area (Å²) in [6.45, 7) is 17.2. The van der Waals surface area contributed by atoms with Crippen molar-refractivity contribution < 1.29 is 13.3 Å². The normalized spacial score (nSPS) is 13.2. The molecule has 0 amide bonds. The molecule has 0 fully saturated rings. The van der Waals surface area contributed by atoms with Crippen molar-refractivity contribution >= 4 is 8.80 Å². The van der Waals surface area contributed by atoms with Crippen molar-refractivity contribution in [1.29, 1.82) is 0 Å². The lowest BCUT2D eigenvalue weighted by atomic mass is 10.2. The average Bonchev–Trinajstić information content (AvgIpc) is 2.44. The second-order valence-electron chi connectivity index (χ2n) is 7.26. The molecule has 132 valence electrons. The molecule has 0 aromatic rings. The molecule has 3 nitrogen and oxygen atoms in total. The van der Waals surface area contributed by atoms with Gasteiger partial charge in [0, 0.05) is 19.8 Å². The minimum Gasteiger partial charge on any atom is -0.370 e. The van der Waals surface area contributed by atoms with E-state index in [9.17, 15) is 0 Å². The van der Waals surface area contributed by atoms with Crippen molar-refractivity contribution in [2.24, 2.45) is 17.8 Å². The zero-order valence-electron chi connectivity index (χ0n) is 15.9. The van der Waals surface area contributed by atoms with Crippen LogP contribution in [0.25, 0.3) is 0 Å². The Labute approximate surface area is 139 Å². The molecule has 0 unspecified atom stereocenters. The van der Waals surface area contributed by atoms with Crippen LogP contribution in [0.3, 0.4) is 0 Å². The highest BCUT2D eigenvalue weighted by Crippen LogP contribution is 2.17. The Morgan fingerprint density at radius 1 is 0.773 bits per heavy atom. The van der Waals surface area contributed by atoms with Crippen molar-refractivity contribution in [1.82, 2.24) is 0 Å². The summed E-state index contributed by atoms with van der Waals surface area (Å²) >= 11 is 0. The maximum Gasteiger partial charge on any atom is 0.529 e. The molecule has 0 saturated carbocycles. The molecule has 0 atom stereocenters. The summed E-state index contributed by atoms with van der Waals surface area (Å²) in [7, 11) is -2.71. The van der Waals surface area contributed by atoms with Crippen LogP contribution in [-0.4, -0.2) is 28.6 Å². The summed E-state index contributed by atoms with van der Waals surface area (Å²) in [5, 5.41) is 0. The Balaban J connectivity index is 4.95. The molecule has 0 aliphatic carbocycles. The Bertz CT molecular complexity index is 257. The zero-order chi connectivity index (χ0) is 17.0. The van der Waals surface area contributed by atoms with Gasteiger partial charge in [-0.25, -0.2) is 0 Å². The van der Waals surface area contributed by atoms with E-state index in [0.717, 1.165) is 6.42 Å². The first kappa shape index (κ1) is 21.8. The third kappa shape index (κ3) is 11.4. The maximum atomic E-state index is 6.18. The molecule has 0 spiro atoms. The fraction of sp³-hybridized carbons (Fsp3) is 0.889. The smallest absolute Gasteiger partial charge is 0.370 e. The number of allylic oxidation sites excluding steroid dienone is 1. The predicted octanol–water partition coefficient (Wildman–Crippen LogP) is 5.23. The monoisotopic (exact) mass is 330 g/mol. The van der Waals surface area contributed by atoms with E-state index in [1.807, 2.05) is 0 Å². The summed E-state index contributed by atoms with van der Waals surface area (Å²) in [5.74, 6) is 1.42. The van der Waals surface area contributed by atoms with E-state index in [0.29, 0.717) is 37.6 Å². The first-order chi connectivity index (χ1) is 10.3. The van der Waals surface area contributed by atoms with Gasteiger partial charge in [0.1, 0.15) is 0 Å². The quantitative estimate of drug-likeness (QED) is 0.342. The summed E-state index contributed by atoms with van der Waals surface area (Å²) in [6, 6.07) is 0. The molecule has 0 aromatic heterocycles. The fourth-order valence-electron chi connectivity index (χ4n) is 1.67. The van der Waals surface area contributed by atoms with E-state index in [-0.39, 0.29) is 0 Å². The van der Waals surface area contributed by atoms with E-state index in [2.05, 4.69) is 60.2 Å². The standard InChI is InChI=1S/C18H38O3Si/c1-8-9-10-11-12-22(19-13-16(2)3,20-14-17(4)5)21-15-18(6)7/h11-12,16-18H,8-10,13-15H2,1-7H3. The number of hydrogen-bond acceptors (Lipinski definition) is 3. The molecule has 22 heavy (non-hydrogen) atoms. The number of hydrogen-bond donors (Lipinski definition) is 0. The predicted molar refractivity (Wildman–Crippen MR) is 96.8 cm³/mol. The summed E-state index contributed by atoms with van der Waals surface area (Å²) in [4.78, 5) is 0. The lowest BCUT2D eigenvalue weighted by Gasteiger charge is -2.29. The van der Waals surface area contributed by atoms with Crippen molar-refractivity contribution in [3.8, 4) is 0 Å². The third-order valence-corrected chi connectivity index (χ3v) is 5.25. The summed E-state index contributed by atoms with van der Waals surface area (Å²) in [6.07, 6.45) is 5.65. The highest BCUT2D eigenvalue weighted by atomic mass is 28.4. The molecule has 0 heterocycles. The highest BCUT2D eigenvalue weighted by molar-refractivity contribution is 6.66. The molecular formula is C18H38O3Si. The van der Waals surface area contributed by atoms with Crippen LogP contribution < -0.4 is 0 Å². The van der Waals surface area contributed by atoms with Gasteiger partial charge in [0.05, 0.1) is 0 Å². The fourth-order valence-corrected chi connectivity index (χ4v) is 4.36. The van der Waals surface area contributed by atoms with E-state index in [1.54, 1.807) is 0 Å². The van der Waals surface area contributed by atoms with Crippen molar-refractivity contribution in [2.45, 2.75) is 67.7 Å². The van der Waals surface area contributed by atoms with Crippen LogP contribution in [-0.2, 0) is 13.3 Å². The number of unbranched alkanes of at least 4 members (excludes halogenated alkanes) is 2. The first-order valence-electron chi connectivity index (χ1n) is 8.90. The van der Waals surface area contributed by atoms with Gasteiger partial charge in [-0.1, -0.05) is 67.4 Å². The zero-order valence-corrected chi connectivity index (χ0v) is 16.9. The Kier molecular flexibility index (Phi) is 12.2. The van der Waals surface area contributed by atoms with Gasteiger partial charge in [-0.15, -0.1) is 0 Å². The van der Waals surface area contributed by atoms with Gasteiger partial charge in [0.2, 0.25) is 0 Å². The van der Waals surface area contributed by atoms with E-state index in [4.69, 9.17) is 13.3 Å². The van der Waals surface area contributed by atoms with Crippen molar-refractivity contribution in [2.75, 3.05) is 19.8 Å². The molecule has 0 aromatic carbocycles. The molecule has 4 heteroatoms. The minimum absolute atomic E-state index is 0.473. The molecular weight excluding hydrogens is 292 g/mol. The largest absolute Gasteiger partial charge is 0.529 e. The first-order valence-corrected chi connectivity index (χ1v) is 10.7. The van der Waals surface area contributed by atoms with E-state index in [1.165, 1.54) is 12.8 Å². The Morgan fingerprint density at radius 3 is 1.50 bits per heavy atom. The van der Waals surface area contributed by atoms with Gasteiger partial charge in [-0.05, 0) is 29.9 Å². The number of rotatable bonds is 13. The molecule has 0 radical (unpaired) electrons. The molecule has 0 N–H and O–H groups in total. The van der Waals surface area contributed by atoms with Crippen LogP contribution in [0.4, 0.5) is 0 Å². The van der Waals surface area contributed by atoms with Gasteiger partial charge in [0.25, 0.3) is 0 Å². The molecule has 0 saturated heterocycles. The lowest BCUT2D eigenvalue weighted by Crippen LogP contribution is -2.46. The van der Waals surface area contributed by atoms with Crippen LogP contribution in [0.15, 0.2) is 11.8 Å². The SMILES string of the molecule is CCCCC=C[Si](OCC(C)C)(OCC(C)C)OCC(C)C. The van der Waals surface area contributed by atoms with E-state index < -0.39 is 8.80 Å². The van der Waals surface area contributed by atoms with Crippen molar-refractivity contribution in [3.05, 3.63) is 11.8 Å². The topological polar surface area (TPSA) is 27.7 Å². The Morgan fingerprint density at radius 2 is 1.18 bits per heavy atom. The molecule has 0 rings (SSSR count). The van der Waals surface area contributed by atoms with Crippen LogP contribution >= 0.6 is 0 Å². The second-order valence-corrected chi connectivity index (χ2v) is 9.67. The van der Waals surface area contributed by atoms with Crippen molar-refractivity contribution in [3.63, 3.8) is 0 Å². The highest BCUT2D eigenvalue weighted by Gasteiger charge is 2.39. The second kappa shape index (κ2) is 12.3. The molecule has 0 aliphatic heterocycles. The van der Waals surface area contributed by atoms with Gasteiger partial charge in [-0.2, -0.15) is 0 Å². The molecule has 0 bridgehead atoms. The Hall–Kier alpha value is -0.163. The van der Waals surface area contributed by atoms with Gasteiger partial charge < -0.3 is 13.3 Å². The lowest BCUT2D eigenvalue weighted by molar-refractivity contribution is 0.0479. The van der Waals surface area contributed by atoms with Gasteiger partial charge in [-0.3, -0.25) is 0 Å². The van der Waals surface area contributed by atoms with Gasteiger partial charge >= 0.3 is 8.80 Å². The third-order valence-electron chi connectivity index (χ3n) is 2.90. The maximum absolute atomic E-state index is 6.18. The average molecular weight is 331 g/mol. The van der Waals surface area contributed by atoms with Gasteiger partial charge in [0.15, 0.2) is 0 Å². The van der Waals surface area contributed by atoms with E-state index >= 15 is 0 Å². The van der Waals surface area contributed by atoms with Crippen LogP contribution in [0.1, 0.15) is 67.7 Å². The molecule has 0 aliphatic rings. The minimum atomic E-state index is -2.71. The van der Waals surface area contributed by atoms with Crippen LogP contribution in [0.5, 0.6) is 0 Å². The summed E-state index contributed by atoms with van der Waals surface area (Å²) in [5.41, 5.74) is 2.11. The van der Waals surface area contributed by atoms with Crippen LogP contribution in [0, 0.1) is 17.8 Å². The van der Waals surface area contributed by atoms with Crippen LogP contribution in [0.2, 0.25) is 0 Å².